The van der Waals surface area contributed by atoms with Gasteiger partial charge in [0, 0.05) is 5.56 Å². The second kappa shape index (κ2) is 9.13. The van der Waals surface area contributed by atoms with Crippen molar-refractivity contribution in [3.63, 3.8) is 0 Å². The Hall–Kier alpha value is -2.13. The molecule has 0 aliphatic heterocycles. The first-order chi connectivity index (χ1) is 13.5. The van der Waals surface area contributed by atoms with Gasteiger partial charge in [0.1, 0.15) is 11.6 Å². The van der Waals surface area contributed by atoms with Crippen LogP contribution in [-0.2, 0) is 15.7 Å². The minimum absolute atomic E-state index is 0.0566. The molecule has 158 valence electrons. The standard InChI is InChI=1S/C20H20F5NO2S/c1-4-28-17(27)9-16(26-29)14-7-12(8-15(19(14)22)20(23,24)25)18-10(2)5-13(21)6-11(18)3/h5-8,16,26,29H,4,9H2,1-3H3. The summed E-state index contributed by atoms with van der Waals surface area (Å²) >= 11 is 3.84. The fourth-order valence-electron chi connectivity index (χ4n) is 3.23. The van der Waals surface area contributed by atoms with Crippen molar-refractivity contribution in [3.8, 4) is 11.1 Å². The summed E-state index contributed by atoms with van der Waals surface area (Å²) in [6.07, 6.45) is -5.39. The maximum Gasteiger partial charge on any atom is 0.419 e. The minimum atomic E-state index is -4.97. The van der Waals surface area contributed by atoms with Crippen LogP contribution < -0.4 is 4.72 Å². The number of halogens is 5. The molecule has 9 heteroatoms. The second-order valence-corrected chi connectivity index (χ2v) is 6.79. The van der Waals surface area contributed by atoms with E-state index in [1.165, 1.54) is 18.2 Å². The molecule has 0 fully saturated rings. The average molecular weight is 433 g/mol. The van der Waals surface area contributed by atoms with Crippen LogP contribution in [0.2, 0.25) is 0 Å². The molecular weight excluding hydrogens is 413 g/mol. The van der Waals surface area contributed by atoms with Gasteiger partial charge in [-0.05, 0) is 67.3 Å². The van der Waals surface area contributed by atoms with Crippen LogP contribution in [0, 0.1) is 25.5 Å². The number of ether oxygens (including phenoxy) is 1. The summed E-state index contributed by atoms with van der Waals surface area (Å²) in [5, 5.41) is 0. The van der Waals surface area contributed by atoms with E-state index in [0.29, 0.717) is 22.8 Å². The molecule has 2 rings (SSSR count). The van der Waals surface area contributed by atoms with Crippen LogP contribution in [0.5, 0.6) is 0 Å². The van der Waals surface area contributed by atoms with Gasteiger partial charge < -0.3 is 4.74 Å². The highest BCUT2D eigenvalue weighted by atomic mass is 32.1. The van der Waals surface area contributed by atoms with E-state index < -0.39 is 41.8 Å². The van der Waals surface area contributed by atoms with Gasteiger partial charge in [-0.2, -0.15) is 13.2 Å². The summed E-state index contributed by atoms with van der Waals surface area (Å²) in [4.78, 5) is 11.8. The van der Waals surface area contributed by atoms with E-state index in [-0.39, 0.29) is 17.7 Å². The molecule has 0 bridgehead atoms. The zero-order valence-corrected chi connectivity index (χ0v) is 16.8. The Bertz CT molecular complexity index is 891. The molecule has 1 atom stereocenters. The Labute approximate surface area is 170 Å². The lowest BCUT2D eigenvalue weighted by molar-refractivity contribution is -0.143. The molecule has 0 amide bonds. The van der Waals surface area contributed by atoms with Crippen LogP contribution in [0.4, 0.5) is 22.0 Å². The summed E-state index contributed by atoms with van der Waals surface area (Å²) in [5.41, 5.74) is -0.664. The molecule has 0 saturated carbocycles. The predicted molar refractivity (Wildman–Crippen MR) is 102 cm³/mol. The minimum Gasteiger partial charge on any atom is -0.466 e. The fraction of sp³-hybridized carbons (Fsp3) is 0.350. The lowest BCUT2D eigenvalue weighted by atomic mass is 9.90. The van der Waals surface area contributed by atoms with Gasteiger partial charge in [0.15, 0.2) is 0 Å². The molecule has 2 aromatic rings. The van der Waals surface area contributed by atoms with Crippen LogP contribution >= 0.6 is 12.8 Å². The van der Waals surface area contributed by atoms with E-state index in [1.807, 2.05) is 0 Å². The fourth-order valence-corrected chi connectivity index (χ4v) is 3.46. The average Bonchev–Trinajstić information content (AvgIpc) is 2.59. The Morgan fingerprint density at radius 2 is 1.72 bits per heavy atom. The van der Waals surface area contributed by atoms with E-state index in [2.05, 4.69) is 17.5 Å². The van der Waals surface area contributed by atoms with Crippen molar-refractivity contribution in [2.75, 3.05) is 6.61 Å². The number of alkyl halides is 3. The summed E-state index contributed by atoms with van der Waals surface area (Å²) < 4.78 is 76.1. The molecule has 2 aromatic carbocycles. The van der Waals surface area contributed by atoms with Gasteiger partial charge >= 0.3 is 12.1 Å². The number of hydrogen-bond donors (Lipinski definition) is 2. The lowest BCUT2D eigenvalue weighted by Gasteiger charge is -2.21. The molecule has 0 aliphatic rings. The van der Waals surface area contributed by atoms with Crippen molar-refractivity contribution in [1.29, 1.82) is 0 Å². The number of thiol groups is 1. The molecule has 1 unspecified atom stereocenters. The van der Waals surface area contributed by atoms with Gasteiger partial charge in [0.25, 0.3) is 0 Å². The van der Waals surface area contributed by atoms with Crippen molar-refractivity contribution in [2.24, 2.45) is 0 Å². The summed E-state index contributed by atoms with van der Waals surface area (Å²) in [6, 6.07) is 3.10. The van der Waals surface area contributed by atoms with E-state index in [4.69, 9.17) is 4.74 Å². The number of aryl methyl sites for hydroxylation is 2. The van der Waals surface area contributed by atoms with E-state index >= 15 is 0 Å². The van der Waals surface area contributed by atoms with Crippen LogP contribution in [0.3, 0.4) is 0 Å². The number of rotatable bonds is 6. The summed E-state index contributed by atoms with van der Waals surface area (Å²) in [5.74, 6) is -2.75. The molecule has 3 nitrogen and oxygen atoms in total. The maximum absolute atomic E-state index is 14.8. The van der Waals surface area contributed by atoms with Gasteiger partial charge in [0.2, 0.25) is 0 Å². The van der Waals surface area contributed by atoms with Crippen molar-refractivity contribution in [1.82, 2.24) is 4.72 Å². The van der Waals surface area contributed by atoms with E-state index in [1.54, 1.807) is 20.8 Å². The predicted octanol–water partition coefficient (Wildman–Crippen LogP) is 5.70. The van der Waals surface area contributed by atoms with Crippen molar-refractivity contribution in [2.45, 2.75) is 39.4 Å². The third-order valence-electron chi connectivity index (χ3n) is 4.40. The third kappa shape index (κ3) is 5.27. The van der Waals surface area contributed by atoms with Gasteiger partial charge in [-0.15, -0.1) is 0 Å². The zero-order valence-electron chi connectivity index (χ0n) is 16.0. The Morgan fingerprint density at radius 3 is 2.21 bits per heavy atom. The van der Waals surface area contributed by atoms with Gasteiger partial charge in [-0.3, -0.25) is 9.52 Å². The van der Waals surface area contributed by atoms with Gasteiger partial charge in [-0.1, -0.05) is 12.8 Å². The molecule has 0 aliphatic carbocycles. The Balaban J connectivity index is 2.72. The smallest absolute Gasteiger partial charge is 0.419 e. The third-order valence-corrected chi connectivity index (χ3v) is 4.71. The number of carbonyl (C=O) groups excluding carboxylic acids is 1. The van der Waals surface area contributed by atoms with E-state index in [9.17, 15) is 26.7 Å². The van der Waals surface area contributed by atoms with Crippen molar-refractivity contribution in [3.05, 3.63) is 58.2 Å². The molecule has 1 N–H and O–H groups in total. The second-order valence-electron chi connectivity index (χ2n) is 6.53. The topological polar surface area (TPSA) is 38.3 Å². The van der Waals surface area contributed by atoms with Crippen molar-refractivity contribution < 1.29 is 31.5 Å². The van der Waals surface area contributed by atoms with Crippen LogP contribution in [0.1, 0.15) is 41.6 Å². The zero-order chi connectivity index (χ0) is 21.9. The van der Waals surface area contributed by atoms with E-state index in [0.717, 1.165) is 0 Å². The Morgan fingerprint density at radius 1 is 1.14 bits per heavy atom. The molecule has 0 heterocycles. The molecule has 29 heavy (non-hydrogen) atoms. The summed E-state index contributed by atoms with van der Waals surface area (Å²) in [7, 11) is 0. The molecule has 0 aromatic heterocycles. The molecule has 0 radical (unpaired) electrons. The highest BCUT2D eigenvalue weighted by Gasteiger charge is 2.37. The quantitative estimate of drug-likeness (QED) is 0.349. The Kier molecular flexibility index (Phi) is 7.29. The SMILES string of the molecule is CCOC(=O)CC(NS)c1cc(-c2c(C)cc(F)cc2C)cc(C(F)(F)F)c1F. The molecule has 0 saturated heterocycles. The first-order valence-electron chi connectivity index (χ1n) is 8.72. The van der Waals surface area contributed by atoms with Crippen LogP contribution in [0.15, 0.2) is 24.3 Å². The van der Waals surface area contributed by atoms with Crippen molar-refractivity contribution >= 4 is 18.8 Å². The highest BCUT2D eigenvalue weighted by Crippen LogP contribution is 2.40. The number of esters is 1. The number of hydrogen-bond acceptors (Lipinski definition) is 4. The first kappa shape index (κ1) is 23.2. The van der Waals surface area contributed by atoms with Crippen LogP contribution in [-0.4, -0.2) is 12.6 Å². The monoisotopic (exact) mass is 433 g/mol. The van der Waals surface area contributed by atoms with Crippen LogP contribution in [0.25, 0.3) is 11.1 Å². The number of nitrogens with one attached hydrogen (secondary N) is 1. The number of benzene rings is 2. The maximum atomic E-state index is 14.8. The molecule has 0 spiro atoms. The first-order valence-corrected chi connectivity index (χ1v) is 9.17. The lowest BCUT2D eigenvalue weighted by Crippen LogP contribution is -2.21. The number of carbonyl (C=O) groups is 1. The molecular formula is C20H20F5NO2S. The summed E-state index contributed by atoms with van der Waals surface area (Å²) in [6.45, 7) is 4.75. The van der Waals surface area contributed by atoms with Gasteiger partial charge in [-0.25, -0.2) is 8.78 Å². The highest BCUT2D eigenvalue weighted by molar-refractivity contribution is 7.78. The largest absolute Gasteiger partial charge is 0.466 e. The van der Waals surface area contributed by atoms with Gasteiger partial charge in [0.05, 0.1) is 24.6 Å². The normalized spacial score (nSPS) is 12.7.